The molecule has 4 aromatic rings. The maximum Gasteiger partial charge on any atom is 0.272 e. The predicted molar refractivity (Wildman–Crippen MR) is 126 cm³/mol. The van der Waals surface area contributed by atoms with Crippen molar-refractivity contribution >= 4 is 22.5 Å². The van der Waals surface area contributed by atoms with Crippen molar-refractivity contribution in [1.82, 2.24) is 10.4 Å². The summed E-state index contributed by atoms with van der Waals surface area (Å²) in [6.45, 7) is 3.86. The van der Waals surface area contributed by atoms with Crippen LogP contribution in [0.5, 0.6) is 11.5 Å². The van der Waals surface area contributed by atoms with Crippen molar-refractivity contribution in [3.05, 3.63) is 89.5 Å². The van der Waals surface area contributed by atoms with Gasteiger partial charge in [0.2, 0.25) is 0 Å². The van der Waals surface area contributed by atoms with E-state index < -0.39 is 0 Å². The number of rotatable bonds is 5. The molecule has 0 saturated heterocycles. The van der Waals surface area contributed by atoms with Crippen LogP contribution in [0.1, 0.15) is 34.8 Å². The smallest absolute Gasteiger partial charge is 0.272 e. The van der Waals surface area contributed by atoms with E-state index in [1.807, 2.05) is 62.4 Å². The second-order valence-corrected chi connectivity index (χ2v) is 7.44. The molecule has 0 aliphatic carbocycles. The number of aromatic hydroxyl groups is 2. The maximum atomic E-state index is 13.2. The van der Waals surface area contributed by atoms with E-state index in [1.165, 1.54) is 18.2 Å². The number of carbonyl (C=O) groups excluding carboxylic acids is 1. The van der Waals surface area contributed by atoms with Crippen LogP contribution in [-0.4, -0.2) is 26.8 Å². The van der Waals surface area contributed by atoms with Crippen LogP contribution in [0.3, 0.4) is 0 Å². The third kappa shape index (κ3) is 4.16. The van der Waals surface area contributed by atoms with Gasteiger partial charge in [-0.05, 0) is 49.2 Å². The summed E-state index contributed by atoms with van der Waals surface area (Å²) < 4.78 is 0. The highest BCUT2D eigenvalue weighted by atomic mass is 16.3. The van der Waals surface area contributed by atoms with Gasteiger partial charge in [-0.3, -0.25) is 4.79 Å². The van der Waals surface area contributed by atoms with Gasteiger partial charge in [0.05, 0.1) is 22.5 Å². The monoisotopic (exact) mass is 425 g/mol. The summed E-state index contributed by atoms with van der Waals surface area (Å²) in [6.07, 6.45) is 0.447. The topological polar surface area (TPSA) is 94.8 Å². The van der Waals surface area contributed by atoms with E-state index in [2.05, 4.69) is 10.5 Å². The number of phenols is 2. The lowest BCUT2D eigenvalue weighted by atomic mass is 10.0. The van der Waals surface area contributed by atoms with Gasteiger partial charge in [0, 0.05) is 16.5 Å². The number of benzene rings is 3. The summed E-state index contributed by atoms with van der Waals surface area (Å²) >= 11 is 0. The third-order valence-electron chi connectivity index (χ3n) is 5.30. The maximum absolute atomic E-state index is 13.2. The number of phenolic OH excluding ortho intramolecular Hbond substituents is 2. The molecule has 0 spiro atoms. The number of carbonyl (C=O) groups is 1. The lowest BCUT2D eigenvalue weighted by molar-refractivity contribution is 0.0956. The standard InChI is InChI=1S/C26H23N3O3/c1-3-22(21-14-17(30)12-13-25(21)31)28-29-26(32)20-15-24(18-9-5-4-8-16(18)2)27-23-11-7-6-10-19(20)23/h4-15,30-31H,3H2,1-2H3,(H,29,32)/b28-22+. The fourth-order valence-electron chi connectivity index (χ4n) is 3.62. The van der Waals surface area contributed by atoms with Crippen LogP contribution in [0.2, 0.25) is 0 Å². The Hall–Kier alpha value is -4.19. The molecule has 0 aliphatic heterocycles. The molecule has 3 aromatic carbocycles. The van der Waals surface area contributed by atoms with Crippen LogP contribution in [0.25, 0.3) is 22.2 Å². The fraction of sp³-hybridized carbons (Fsp3) is 0.115. The van der Waals surface area contributed by atoms with E-state index in [0.717, 1.165) is 16.5 Å². The number of fused-ring (bicyclic) bond motifs is 1. The quantitative estimate of drug-likeness (QED) is 0.234. The number of aryl methyl sites for hydroxylation is 1. The number of nitrogens with zero attached hydrogens (tertiary/aromatic N) is 2. The molecular weight excluding hydrogens is 402 g/mol. The summed E-state index contributed by atoms with van der Waals surface area (Å²) in [7, 11) is 0. The molecule has 0 bridgehead atoms. The highest BCUT2D eigenvalue weighted by molar-refractivity contribution is 6.08. The summed E-state index contributed by atoms with van der Waals surface area (Å²) in [5.74, 6) is -0.397. The molecule has 160 valence electrons. The van der Waals surface area contributed by atoms with Gasteiger partial charge in [-0.2, -0.15) is 5.10 Å². The van der Waals surface area contributed by atoms with Crippen LogP contribution in [0.4, 0.5) is 0 Å². The van der Waals surface area contributed by atoms with Crippen LogP contribution < -0.4 is 5.43 Å². The molecule has 0 saturated carbocycles. The van der Waals surface area contributed by atoms with Gasteiger partial charge in [0.1, 0.15) is 11.5 Å². The van der Waals surface area contributed by atoms with Crippen molar-refractivity contribution in [2.24, 2.45) is 5.10 Å². The molecule has 3 N–H and O–H groups in total. The first kappa shape index (κ1) is 21.1. The zero-order chi connectivity index (χ0) is 22.7. The van der Waals surface area contributed by atoms with Crippen LogP contribution in [-0.2, 0) is 0 Å². The molecule has 1 aromatic heterocycles. The molecule has 6 heteroatoms. The Balaban J connectivity index is 1.75. The van der Waals surface area contributed by atoms with E-state index in [9.17, 15) is 15.0 Å². The van der Waals surface area contributed by atoms with Crippen molar-refractivity contribution in [3.63, 3.8) is 0 Å². The van der Waals surface area contributed by atoms with E-state index in [4.69, 9.17) is 4.98 Å². The largest absolute Gasteiger partial charge is 0.508 e. The molecule has 6 nitrogen and oxygen atoms in total. The molecular formula is C26H23N3O3. The van der Waals surface area contributed by atoms with Gasteiger partial charge < -0.3 is 10.2 Å². The molecule has 32 heavy (non-hydrogen) atoms. The van der Waals surface area contributed by atoms with Crippen LogP contribution in [0, 0.1) is 6.92 Å². The minimum Gasteiger partial charge on any atom is -0.508 e. The molecule has 1 heterocycles. The molecule has 4 rings (SSSR count). The Bertz CT molecular complexity index is 1350. The van der Waals surface area contributed by atoms with Crippen LogP contribution in [0.15, 0.2) is 77.9 Å². The van der Waals surface area contributed by atoms with Gasteiger partial charge in [-0.25, -0.2) is 10.4 Å². The Morgan fingerprint density at radius 3 is 2.50 bits per heavy atom. The van der Waals surface area contributed by atoms with E-state index in [-0.39, 0.29) is 17.4 Å². The summed E-state index contributed by atoms with van der Waals surface area (Å²) in [5, 5.41) is 24.9. The Morgan fingerprint density at radius 2 is 1.72 bits per heavy atom. The lowest BCUT2D eigenvalue weighted by Crippen LogP contribution is -2.20. The van der Waals surface area contributed by atoms with Gasteiger partial charge in [-0.1, -0.05) is 49.4 Å². The number of hydrogen-bond acceptors (Lipinski definition) is 5. The molecule has 0 aliphatic rings. The zero-order valence-corrected chi connectivity index (χ0v) is 17.8. The first-order chi connectivity index (χ1) is 15.5. The van der Waals surface area contributed by atoms with E-state index in [1.54, 1.807) is 6.07 Å². The van der Waals surface area contributed by atoms with Crippen molar-refractivity contribution in [3.8, 4) is 22.8 Å². The minimum absolute atomic E-state index is 0.00766. The summed E-state index contributed by atoms with van der Waals surface area (Å²) in [4.78, 5) is 17.9. The second-order valence-electron chi connectivity index (χ2n) is 7.44. The summed E-state index contributed by atoms with van der Waals surface area (Å²) in [6, 6.07) is 21.3. The SMILES string of the molecule is CC/C(=N\NC(=O)c1cc(-c2ccccc2C)nc2ccccc12)c1cc(O)ccc1O. The average molecular weight is 425 g/mol. The average Bonchev–Trinajstić information content (AvgIpc) is 2.81. The predicted octanol–water partition coefficient (Wildman–Crippen LogP) is 5.17. The Kier molecular flexibility index (Phi) is 5.85. The third-order valence-corrected chi connectivity index (χ3v) is 5.30. The Labute approximate surface area is 185 Å². The minimum atomic E-state index is -0.385. The highest BCUT2D eigenvalue weighted by Gasteiger charge is 2.15. The molecule has 0 fully saturated rings. The Morgan fingerprint density at radius 1 is 0.969 bits per heavy atom. The number of nitrogens with one attached hydrogen (secondary N) is 1. The molecule has 0 unspecified atom stereocenters. The fourth-order valence-corrected chi connectivity index (χ4v) is 3.62. The number of hydrazone groups is 1. The van der Waals surface area contributed by atoms with Crippen molar-refractivity contribution < 1.29 is 15.0 Å². The van der Waals surface area contributed by atoms with E-state index >= 15 is 0 Å². The van der Waals surface area contributed by atoms with Gasteiger partial charge in [0.15, 0.2) is 0 Å². The van der Waals surface area contributed by atoms with Crippen molar-refractivity contribution in [2.75, 3.05) is 0 Å². The van der Waals surface area contributed by atoms with Crippen molar-refractivity contribution in [2.45, 2.75) is 20.3 Å². The highest BCUT2D eigenvalue weighted by Crippen LogP contribution is 2.27. The number of amides is 1. The molecule has 0 radical (unpaired) electrons. The van der Waals surface area contributed by atoms with Gasteiger partial charge in [0.25, 0.3) is 5.91 Å². The lowest BCUT2D eigenvalue weighted by Gasteiger charge is -2.11. The van der Waals surface area contributed by atoms with Crippen molar-refractivity contribution in [1.29, 1.82) is 0 Å². The number of hydrogen-bond donors (Lipinski definition) is 3. The summed E-state index contributed by atoms with van der Waals surface area (Å²) in [5.41, 5.74) is 7.31. The first-order valence-corrected chi connectivity index (χ1v) is 10.3. The normalized spacial score (nSPS) is 11.5. The number of pyridine rings is 1. The zero-order valence-electron chi connectivity index (χ0n) is 17.8. The van der Waals surface area contributed by atoms with Gasteiger partial charge in [-0.15, -0.1) is 0 Å². The molecule has 0 atom stereocenters. The molecule has 1 amide bonds. The second kappa shape index (κ2) is 8.89. The first-order valence-electron chi connectivity index (χ1n) is 10.3. The number of aromatic nitrogens is 1. The van der Waals surface area contributed by atoms with Gasteiger partial charge >= 0.3 is 0 Å². The number of para-hydroxylation sites is 1. The van der Waals surface area contributed by atoms with E-state index in [0.29, 0.717) is 34.5 Å². The van der Waals surface area contributed by atoms with Crippen LogP contribution >= 0.6 is 0 Å².